The van der Waals surface area contributed by atoms with Gasteiger partial charge in [0.2, 0.25) is 0 Å². The Kier molecular flexibility index (Phi) is 6.75. The van der Waals surface area contributed by atoms with E-state index in [0.29, 0.717) is 38.4 Å². The fourth-order valence-electron chi connectivity index (χ4n) is 3.58. The molecule has 1 aliphatic heterocycles. The molecule has 6 heteroatoms. The highest BCUT2D eigenvalue weighted by atomic mass is 16.3. The summed E-state index contributed by atoms with van der Waals surface area (Å²) in [5.74, 6) is 0.308. The lowest BCUT2D eigenvalue weighted by Crippen LogP contribution is -2.57. The summed E-state index contributed by atoms with van der Waals surface area (Å²) in [6.07, 6.45) is 7.05. The van der Waals surface area contributed by atoms with Crippen molar-refractivity contribution < 1.29 is 9.90 Å². The van der Waals surface area contributed by atoms with E-state index < -0.39 is 5.60 Å². The van der Waals surface area contributed by atoms with Crippen LogP contribution in [0.1, 0.15) is 49.4 Å². The highest BCUT2D eigenvalue weighted by molar-refractivity contribution is 5.86. The largest absolute Gasteiger partial charge is 0.379 e. The van der Waals surface area contributed by atoms with Gasteiger partial charge in [-0.3, -0.25) is 14.8 Å². The summed E-state index contributed by atoms with van der Waals surface area (Å²) in [4.78, 5) is 23.0. The van der Waals surface area contributed by atoms with Crippen molar-refractivity contribution in [1.29, 1.82) is 0 Å². The quantitative estimate of drug-likeness (QED) is 0.685. The fraction of sp³-hybridized carbons (Fsp3) is 0.500. The average molecular weight is 383 g/mol. The third kappa shape index (κ3) is 5.14. The molecule has 0 unspecified atom stereocenters. The maximum atomic E-state index is 12.9. The maximum absolute atomic E-state index is 12.9. The van der Waals surface area contributed by atoms with Crippen LogP contribution in [0.2, 0.25) is 0 Å². The predicted octanol–water partition coefficient (Wildman–Crippen LogP) is 2.29. The Bertz CT molecular complexity index is 764. The Labute approximate surface area is 167 Å². The van der Waals surface area contributed by atoms with Crippen molar-refractivity contribution in [2.75, 3.05) is 19.6 Å². The molecule has 0 bridgehead atoms. The summed E-state index contributed by atoms with van der Waals surface area (Å²) in [7, 11) is 0. The van der Waals surface area contributed by atoms with Gasteiger partial charge in [0, 0.05) is 51.2 Å². The van der Waals surface area contributed by atoms with Crippen molar-refractivity contribution in [3.8, 4) is 0 Å². The van der Waals surface area contributed by atoms with Crippen molar-refractivity contribution in [2.45, 2.75) is 51.2 Å². The average Bonchev–Trinajstić information content (AvgIpc) is 2.70. The summed E-state index contributed by atoms with van der Waals surface area (Å²) in [5, 5.41) is 14.1. The first-order chi connectivity index (χ1) is 13.5. The molecular formula is C22H30N4O2. The predicted molar refractivity (Wildman–Crippen MR) is 109 cm³/mol. The third-order valence-corrected chi connectivity index (χ3v) is 5.32. The van der Waals surface area contributed by atoms with Crippen molar-refractivity contribution in [2.24, 2.45) is 0 Å². The molecule has 1 aromatic carbocycles. The molecule has 1 saturated heterocycles. The maximum Gasteiger partial charge on any atom is 0.256 e. The number of nitrogens with zero attached hydrogens (tertiary/aromatic N) is 3. The SMILES string of the molecule is CC(C)c1ccc(CN2CCC[C@@](O)(CNCCc3cnccn3)C2=O)cc1. The van der Waals surface area contributed by atoms with Crippen LogP contribution in [0.4, 0.5) is 0 Å². The summed E-state index contributed by atoms with van der Waals surface area (Å²) < 4.78 is 0. The summed E-state index contributed by atoms with van der Waals surface area (Å²) in [6, 6.07) is 8.40. The van der Waals surface area contributed by atoms with E-state index in [9.17, 15) is 9.90 Å². The number of piperidine rings is 1. The van der Waals surface area contributed by atoms with E-state index in [0.717, 1.165) is 17.7 Å². The third-order valence-electron chi connectivity index (χ3n) is 5.32. The molecule has 3 rings (SSSR count). The second-order valence-electron chi connectivity index (χ2n) is 7.88. The van der Waals surface area contributed by atoms with Crippen LogP contribution in [0.5, 0.6) is 0 Å². The zero-order valence-electron chi connectivity index (χ0n) is 16.8. The van der Waals surface area contributed by atoms with Gasteiger partial charge in [0.25, 0.3) is 5.91 Å². The van der Waals surface area contributed by atoms with Gasteiger partial charge in [0.05, 0.1) is 5.69 Å². The van der Waals surface area contributed by atoms with Gasteiger partial charge in [-0.1, -0.05) is 38.1 Å². The first-order valence-corrected chi connectivity index (χ1v) is 10.0. The molecule has 150 valence electrons. The molecule has 1 aliphatic rings. The monoisotopic (exact) mass is 382 g/mol. The molecule has 0 aliphatic carbocycles. The van der Waals surface area contributed by atoms with Crippen LogP contribution < -0.4 is 5.32 Å². The number of amides is 1. The summed E-state index contributed by atoms with van der Waals surface area (Å²) in [6.45, 7) is 6.47. The Morgan fingerprint density at radius 1 is 1.25 bits per heavy atom. The zero-order chi connectivity index (χ0) is 20.0. The number of nitrogens with one attached hydrogen (secondary N) is 1. The molecule has 0 spiro atoms. The number of carbonyl (C=O) groups excluding carboxylic acids is 1. The highest BCUT2D eigenvalue weighted by Gasteiger charge is 2.41. The molecule has 1 aromatic heterocycles. The Morgan fingerprint density at radius 3 is 2.71 bits per heavy atom. The van der Waals surface area contributed by atoms with Crippen LogP contribution in [0.15, 0.2) is 42.9 Å². The van der Waals surface area contributed by atoms with Crippen LogP contribution in [0, 0.1) is 0 Å². The van der Waals surface area contributed by atoms with Gasteiger partial charge < -0.3 is 15.3 Å². The molecule has 2 aromatic rings. The second kappa shape index (κ2) is 9.26. The molecule has 2 N–H and O–H groups in total. The number of aliphatic hydroxyl groups is 1. The van der Waals surface area contributed by atoms with Gasteiger partial charge in [-0.15, -0.1) is 0 Å². The van der Waals surface area contributed by atoms with Crippen molar-refractivity contribution in [3.63, 3.8) is 0 Å². The van der Waals surface area contributed by atoms with E-state index >= 15 is 0 Å². The van der Waals surface area contributed by atoms with E-state index in [1.807, 2.05) is 0 Å². The smallest absolute Gasteiger partial charge is 0.256 e. The van der Waals surface area contributed by atoms with Gasteiger partial charge in [0.15, 0.2) is 5.60 Å². The minimum atomic E-state index is -1.33. The summed E-state index contributed by atoms with van der Waals surface area (Å²) >= 11 is 0. The molecule has 0 saturated carbocycles. The van der Waals surface area contributed by atoms with Crippen LogP contribution in [-0.4, -0.2) is 51.1 Å². The molecule has 1 amide bonds. The topological polar surface area (TPSA) is 78.3 Å². The standard InChI is InChI=1S/C22H30N4O2/c1-17(2)19-6-4-18(5-7-19)15-26-13-3-9-22(28,21(26)27)16-24-10-8-20-14-23-11-12-25-20/h4-7,11-12,14,17,24,28H,3,8-10,13,15-16H2,1-2H3/t22-/m1/s1. The molecule has 1 fully saturated rings. The number of carbonyl (C=O) groups is 1. The number of likely N-dealkylation sites (tertiary alicyclic amines) is 1. The van der Waals surface area contributed by atoms with Crippen LogP contribution in [0.25, 0.3) is 0 Å². The lowest BCUT2D eigenvalue weighted by Gasteiger charge is -2.38. The first kappa shape index (κ1) is 20.4. The molecule has 0 radical (unpaired) electrons. The van der Waals surface area contributed by atoms with E-state index in [2.05, 4.69) is 53.4 Å². The van der Waals surface area contributed by atoms with Gasteiger partial charge >= 0.3 is 0 Å². The van der Waals surface area contributed by atoms with Crippen molar-refractivity contribution in [1.82, 2.24) is 20.2 Å². The van der Waals surface area contributed by atoms with Crippen LogP contribution >= 0.6 is 0 Å². The number of rotatable bonds is 8. The second-order valence-corrected chi connectivity index (χ2v) is 7.88. The number of hydrogen-bond acceptors (Lipinski definition) is 5. The van der Waals surface area contributed by atoms with E-state index in [1.54, 1.807) is 23.5 Å². The van der Waals surface area contributed by atoms with Crippen LogP contribution in [-0.2, 0) is 17.8 Å². The van der Waals surface area contributed by atoms with E-state index in [4.69, 9.17) is 0 Å². The van der Waals surface area contributed by atoms with E-state index in [-0.39, 0.29) is 12.5 Å². The first-order valence-electron chi connectivity index (χ1n) is 10.0. The molecule has 28 heavy (non-hydrogen) atoms. The van der Waals surface area contributed by atoms with Gasteiger partial charge in [-0.05, 0) is 29.9 Å². The Morgan fingerprint density at radius 2 is 2.04 bits per heavy atom. The fourth-order valence-corrected chi connectivity index (χ4v) is 3.58. The molecular weight excluding hydrogens is 352 g/mol. The normalized spacial score (nSPS) is 20.0. The van der Waals surface area contributed by atoms with Gasteiger partial charge in [-0.25, -0.2) is 0 Å². The summed E-state index contributed by atoms with van der Waals surface area (Å²) in [5.41, 5.74) is 1.94. The lowest BCUT2D eigenvalue weighted by molar-refractivity contribution is -0.157. The molecule has 6 nitrogen and oxygen atoms in total. The van der Waals surface area contributed by atoms with Crippen LogP contribution in [0.3, 0.4) is 0 Å². The highest BCUT2D eigenvalue weighted by Crippen LogP contribution is 2.24. The van der Waals surface area contributed by atoms with Crippen molar-refractivity contribution >= 4 is 5.91 Å². The number of aromatic nitrogens is 2. The number of hydrogen-bond donors (Lipinski definition) is 2. The molecule has 2 heterocycles. The molecule has 1 atom stereocenters. The Hall–Kier alpha value is -2.31. The van der Waals surface area contributed by atoms with Gasteiger partial charge in [0.1, 0.15) is 0 Å². The van der Waals surface area contributed by atoms with Gasteiger partial charge in [-0.2, -0.15) is 0 Å². The zero-order valence-corrected chi connectivity index (χ0v) is 16.8. The Balaban J connectivity index is 1.53. The minimum Gasteiger partial charge on any atom is -0.379 e. The minimum absolute atomic E-state index is 0.182. The lowest BCUT2D eigenvalue weighted by atomic mass is 9.91. The number of benzene rings is 1. The van der Waals surface area contributed by atoms with E-state index in [1.165, 1.54) is 5.56 Å². The van der Waals surface area contributed by atoms with Crippen molar-refractivity contribution in [3.05, 3.63) is 59.7 Å².